The Labute approximate surface area is 115 Å². The number of alkyl halides is 6. The monoisotopic (exact) mass is 304 g/mol. The fraction of sp³-hybridized carbons (Fsp3) is 1.00. The molecule has 0 amide bonds. The van der Waals surface area contributed by atoms with Gasteiger partial charge in [-0.2, -0.15) is 26.3 Å². The van der Waals surface area contributed by atoms with Gasteiger partial charge in [0, 0.05) is 0 Å². The second-order valence-electron chi connectivity index (χ2n) is 5.93. The van der Waals surface area contributed by atoms with Gasteiger partial charge in [0.2, 0.25) is 0 Å². The van der Waals surface area contributed by atoms with Crippen LogP contribution < -0.4 is 0 Å². The van der Waals surface area contributed by atoms with E-state index in [1.54, 1.807) is 13.8 Å². The molecule has 1 aliphatic carbocycles. The first-order valence-electron chi connectivity index (χ1n) is 7.16. The Morgan fingerprint density at radius 2 is 1.35 bits per heavy atom. The van der Waals surface area contributed by atoms with E-state index in [2.05, 4.69) is 0 Å². The minimum Gasteiger partial charge on any atom is -0.171 e. The van der Waals surface area contributed by atoms with Crippen LogP contribution in [0, 0.1) is 16.7 Å². The number of halogens is 6. The average Bonchev–Trinajstić information content (AvgIpc) is 2.87. The zero-order chi connectivity index (χ0) is 15.8. The third-order valence-electron chi connectivity index (χ3n) is 4.80. The number of hydrogen-bond acceptors (Lipinski definition) is 0. The first-order valence-corrected chi connectivity index (χ1v) is 7.16. The van der Waals surface area contributed by atoms with Crippen LogP contribution in [0.25, 0.3) is 0 Å². The summed E-state index contributed by atoms with van der Waals surface area (Å²) in [5.74, 6) is -2.28. The van der Waals surface area contributed by atoms with Crippen molar-refractivity contribution in [2.75, 3.05) is 0 Å². The largest absolute Gasteiger partial charge is 0.395 e. The van der Waals surface area contributed by atoms with Gasteiger partial charge in [-0.15, -0.1) is 0 Å². The predicted molar refractivity (Wildman–Crippen MR) is 65.2 cm³/mol. The average molecular weight is 304 g/mol. The molecule has 0 heterocycles. The summed E-state index contributed by atoms with van der Waals surface area (Å²) in [4.78, 5) is 0. The van der Waals surface area contributed by atoms with E-state index in [9.17, 15) is 26.3 Å². The Hall–Kier alpha value is -0.420. The molecule has 0 radical (unpaired) electrons. The highest BCUT2D eigenvalue weighted by atomic mass is 19.4. The highest BCUT2D eigenvalue weighted by molar-refractivity contribution is 5.20. The van der Waals surface area contributed by atoms with Crippen molar-refractivity contribution in [3.8, 4) is 0 Å². The van der Waals surface area contributed by atoms with Crippen molar-refractivity contribution >= 4 is 0 Å². The van der Waals surface area contributed by atoms with Gasteiger partial charge in [-0.25, -0.2) is 0 Å². The third kappa shape index (κ3) is 2.54. The lowest BCUT2D eigenvalue weighted by Gasteiger charge is -2.35. The molecule has 0 spiro atoms. The Morgan fingerprint density at radius 3 is 1.60 bits per heavy atom. The Bertz CT molecular complexity index is 324. The smallest absolute Gasteiger partial charge is 0.171 e. The maximum Gasteiger partial charge on any atom is 0.395 e. The zero-order valence-electron chi connectivity index (χ0n) is 12.1. The molecule has 1 rings (SSSR count). The molecule has 0 aliphatic heterocycles. The zero-order valence-corrected chi connectivity index (χ0v) is 12.1. The normalized spacial score (nSPS) is 27.4. The molecule has 0 saturated heterocycles. The molecule has 0 aromatic heterocycles. The molecule has 120 valence electrons. The van der Waals surface area contributed by atoms with E-state index in [1.165, 1.54) is 6.92 Å². The van der Waals surface area contributed by atoms with Crippen molar-refractivity contribution in [1.82, 2.24) is 0 Å². The molecule has 0 N–H and O–H groups in total. The lowest BCUT2D eigenvalue weighted by molar-refractivity contribution is -0.277. The van der Waals surface area contributed by atoms with Crippen molar-refractivity contribution in [2.45, 2.75) is 71.6 Å². The second kappa shape index (κ2) is 5.41. The predicted octanol–water partition coefficient (Wildman–Crippen LogP) is 6.11. The van der Waals surface area contributed by atoms with Crippen molar-refractivity contribution in [2.24, 2.45) is 16.7 Å². The lowest BCUT2D eigenvalue weighted by Crippen LogP contribution is -2.44. The van der Waals surface area contributed by atoms with Gasteiger partial charge in [0.05, 0.1) is 11.3 Å². The molecular formula is C14H22F6. The molecule has 1 saturated carbocycles. The third-order valence-corrected chi connectivity index (χ3v) is 4.80. The van der Waals surface area contributed by atoms with Crippen LogP contribution in [0.2, 0.25) is 0 Å². The fourth-order valence-corrected chi connectivity index (χ4v) is 4.15. The summed E-state index contributed by atoms with van der Waals surface area (Å²) in [6, 6.07) is 0. The van der Waals surface area contributed by atoms with Gasteiger partial charge < -0.3 is 0 Å². The molecule has 2 unspecified atom stereocenters. The van der Waals surface area contributed by atoms with Crippen LogP contribution >= 0.6 is 0 Å². The summed E-state index contributed by atoms with van der Waals surface area (Å²) in [6.07, 6.45) is -9.10. The van der Waals surface area contributed by atoms with E-state index in [-0.39, 0.29) is 19.3 Å². The molecule has 0 nitrogen and oxygen atoms in total. The summed E-state index contributed by atoms with van der Waals surface area (Å²) >= 11 is 0. The molecule has 1 fully saturated rings. The summed E-state index contributed by atoms with van der Waals surface area (Å²) in [5.41, 5.74) is -3.79. The van der Waals surface area contributed by atoms with E-state index in [1.807, 2.05) is 0 Å². The summed E-state index contributed by atoms with van der Waals surface area (Å²) < 4.78 is 79.8. The molecule has 6 heteroatoms. The molecular weight excluding hydrogens is 282 g/mol. The minimum absolute atomic E-state index is 0.215. The quantitative estimate of drug-likeness (QED) is 0.519. The molecule has 1 aliphatic rings. The highest BCUT2D eigenvalue weighted by Gasteiger charge is 2.83. The van der Waals surface area contributed by atoms with Gasteiger partial charge in [0.1, 0.15) is 0 Å². The van der Waals surface area contributed by atoms with Gasteiger partial charge in [0.15, 0.2) is 0 Å². The maximum absolute atomic E-state index is 13.5. The highest BCUT2D eigenvalue weighted by Crippen LogP contribution is 2.80. The van der Waals surface area contributed by atoms with E-state index in [0.29, 0.717) is 12.8 Å². The Balaban J connectivity index is 3.28. The van der Waals surface area contributed by atoms with E-state index in [0.717, 1.165) is 0 Å². The van der Waals surface area contributed by atoms with Crippen LogP contribution in [0.3, 0.4) is 0 Å². The van der Waals surface area contributed by atoms with Crippen LogP contribution in [-0.2, 0) is 0 Å². The molecule has 20 heavy (non-hydrogen) atoms. The van der Waals surface area contributed by atoms with Crippen molar-refractivity contribution in [1.29, 1.82) is 0 Å². The van der Waals surface area contributed by atoms with Crippen molar-refractivity contribution in [3.63, 3.8) is 0 Å². The molecule has 0 bridgehead atoms. The Morgan fingerprint density at radius 1 is 0.900 bits per heavy atom. The Kier molecular flexibility index (Phi) is 4.77. The van der Waals surface area contributed by atoms with Crippen LogP contribution in [0.5, 0.6) is 0 Å². The van der Waals surface area contributed by atoms with Gasteiger partial charge in [-0.1, -0.05) is 33.6 Å². The first kappa shape index (κ1) is 17.6. The van der Waals surface area contributed by atoms with Crippen molar-refractivity contribution < 1.29 is 26.3 Å². The minimum atomic E-state index is -4.80. The van der Waals surface area contributed by atoms with E-state index in [4.69, 9.17) is 0 Å². The number of rotatable bonds is 6. The summed E-state index contributed by atoms with van der Waals surface area (Å²) in [5, 5.41) is 0. The number of hydrogen-bond donors (Lipinski definition) is 0. The lowest BCUT2D eigenvalue weighted by atomic mass is 9.75. The van der Waals surface area contributed by atoms with Crippen LogP contribution in [0.15, 0.2) is 0 Å². The van der Waals surface area contributed by atoms with Crippen LogP contribution in [0.4, 0.5) is 26.3 Å². The van der Waals surface area contributed by atoms with Crippen LogP contribution in [-0.4, -0.2) is 12.4 Å². The van der Waals surface area contributed by atoms with Gasteiger partial charge >= 0.3 is 12.4 Å². The van der Waals surface area contributed by atoms with Gasteiger partial charge in [-0.3, -0.25) is 0 Å². The standard InChI is InChI=1S/C14H22F6/c1-4-7-11(8-5-2)9-12(11,14(18,19)20)10(6-3)13(15,16)17/h10H,4-9H2,1-3H3. The SMILES string of the molecule is CCCC1(CCC)CC1(C(CC)C(F)(F)F)C(F)(F)F. The molecule has 0 aromatic rings. The van der Waals surface area contributed by atoms with Crippen LogP contribution in [0.1, 0.15) is 59.3 Å². The van der Waals surface area contributed by atoms with E-state index < -0.39 is 35.5 Å². The first-order chi connectivity index (χ1) is 9.02. The van der Waals surface area contributed by atoms with E-state index >= 15 is 0 Å². The van der Waals surface area contributed by atoms with Gasteiger partial charge in [0.25, 0.3) is 0 Å². The summed E-state index contributed by atoms with van der Waals surface area (Å²) in [7, 11) is 0. The maximum atomic E-state index is 13.5. The second-order valence-corrected chi connectivity index (χ2v) is 5.93. The summed E-state index contributed by atoms with van der Waals surface area (Å²) in [6.45, 7) is 4.66. The topological polar surface area (TPSA) is 0 Å². The molecule has 2 atom stereocenters. The van der Waals surface area contributed by atoms with Gasteiger partial charge in [-0.05, 0) is 31.1 Å². The fourth-order valence-electron chi connectivity index (χ4n) is 4.15. The van der Waals surface area contributed by atoms with Crippen molar-refractivity contribution in [3.05, 3.63) is 0 Å². The molecule has 0 aromatic carbocycles.